The molecule has 3 nitrogen and oxygen atoms in total. The Bertz CT molecular complexity index is 469. The average molecular weight is 259 g/mol. The van der Waals surface area contributed by atoms with E-state index in [1.807, 2.05) is 18.2 Å². The van der Waals surface area contributed by atoms with Gasteiger partial charge in [-0.2, -0.15) is 0 Å². The van der Waals surface area contributed by atoms with Gasteiger partial charge in [-0.3, -0.25) is 0 Å². The van der Waals surface area contributed by atoms with Gasteiger partial charge >= 0.3 is 0 Å². The normalized spacial score (nSPS) is 21.7. The van der Waals surface area contributed by atoms with Crippen molar-refractivity contribution in [3.8, 4) is 11.8 Å². The first kappa shape index (κ1) is 14.1. The fourth-order valence-electron chi connectivity index (χ4n) is 2.56. The van der Waals surface area contributed by atoms with E-state index in [1.54, 1.807) is 0 Å². The van der Waals surface area contributed by atoms with Crippen LogP contribution in [0.2, 0.25) is 0 Å². The van der Waals surface area contributed by atoms with Gasteiger partial charge in [0.15, 0.2) is 0 Å². The Morgan fingerprint density at radius 1 is 1.32 bits per heavy atom. The van der Waals surface area contributed by atoms with Crippen molar-refractivity contribution >= 4 is 0 Å². The van der Waals surface area contributed by atoms with Gasteiger partial charge in [0.25, 0.3) is 0 Å². The van der Waals surface area contributed by atoms with Gasteiger partial charge < -0.3 is 15.1 Å². The maximum atomic E-state index is 9.30. The minimum absolute atomic E-state index is 0.0823. The largest absolute Gasteiger partial charge is 0.393 e. The van der Waals surface area contributed by atoms with Crippen LogP contribution in [0.3, 0.4) is 0 Å². The Balaban J connectivity index is 1.94. The van der Waals surface area contributed by atoms with Gasteiger partial charge in [-0.15, -0.1) is 0 Å². The lowest BCUT2D eigenvalue weighted by Crippen LogP contribution is -2.36. The lowest BCUT2D eigenvalue weighted by molar-refractivity contribution is 0.0274. The molecule has 0 radical (unpaired) electrons. The summed E-state index contributed by atoms with van der Waals surface area (Å²) in [5.41, 5.74) is 2.17. The summed E-state index contributed by atoms with van der Waals surface area (Å²) in [7, 11) is 2.10. The van der Waals surface area contributed by atoms with Crippen molar-refractivity contribution in [2.24, 2.45) is 5.92 Å². The summed E-state index contributed by atoms with van der Waals surface area (Å²) in [5, 5.41) is 18.1. The van der Waals surface area contributed by atoms with E-state index in [1.165, 1.54) is 5.56 Å². The van der Waals surface area contributed by atoms with Gasteiger partial charge in [-0.05, 0) is 37.4 Å². The Morgan fingerprint density at radius 3 is 2.74 bits per heavy atom. The van der Waals surface area contributed by atoms with E-state index in [4.69, 9.17) is 5.11 Å². The molecule has 1 aromatic carbocycles. The first-order valence-corrected chi connectivity index (χ1v) is 6.73. The highest BCUT2D eigenvalue weighted by atomic mass is 16.3. The highest BCUT2D eigenvalue weighted by Gasteiger charge is 2.27. The van der Waals surface area contributed by atoms with Crippen molar-refractivity contribution < 1.29 is 10.2 Å². The van der Waals surface area contributed by atoms with Crippen LogP contribution in [-0.4, -0.2) is 41.4 Å². The second kappa shape index (κ2) is 6.72. The smallest absolute Gasteiger partial charge is 0.104 e. The van der Waals surface area contributed by atoms with E-state index >= 15 is 0 Å². The fraction of sp³-hybridized carbons (Fsp3) is 0.500. The molecule has 2 rings (SSSR count). The molecule has 0 spiro atoms. The molecule has 0 bridgehead atoms. The lowest BCUT2D eigenvalue weighted by Gasteiger charge is -2.34. The molecule has 0 saturated heterocycles. The fourth-order valence-corrected chi connectivity index (χ4v) is 2.56. The highest BCUT2D eigenvalue weighted by Crippen LogP contribution is 2.28. The third-order valence-electron chi connectivity index (χ3n) is 3.54. The van der Waals surface area contributed by atoms with Crippen LogP contribution in [0.1, 0.15) is 24.0 Å². The molecular weight excluding hydrogens is 238 g/mol. The van der Waals surface area contributed by atoms with Gasteiger partial charge in [-0.25, -0.2) is 0 Å². The number of benzene rings is 1. The summed E-state index contributed by atoms with van der Waals surface area (Å²) in [6, 6.07) is 8.04. The molecule has 2 N–H and O–H groups in total. The summed E-state index contributed by atoms with van der Waals surface area (Å²) < 4.78 is 0. The predicted octanol–water partition coefficient (Wildman–Crippen LogP) is 1.23. The van der Waals surface area contributed by atoms with Crippen LogP contribution in [0.4, 0.5) is 0 Å². The number of aliphatic hydroxyl groups excluding tert-OH is 2. The van der Waals surface area contributed by atoms with Crippen LogP contribution < -0.4 is 0 Å². The number of nitrogens with zero attached hydrogens (tertiary/aromatic N) is 1. The second-order valence-corrected chi connectivity index (χ2v) is 5.31. The number of aliphatic hydroxyl groups is 2. The van der Waals surface area contributed by atoms with Crippen molar-refractivity contribution in [1.29, 1.82) is 0 Å². The van der Waals surface area contributed by atoms with Gasteiger partial charge in [0.1, 0.15) is 6.61 Å². The standard InChI is InChI=1S/C16H21NO2/c1-17(11-13-9-16(19)10-13)12-15-6-3-2-5-14(15)7-4-8-18/h2-3,5-6,13,16,18-19H,8-12H2,1H3. The van der Waals surface area contributed by atoms with Crippen molar-refractivity contribution in [2.45, 2.75) is 25.5 Å². The predicted molar refractivity (Wildman–Crippen MR) is 75.5 cm³/mol. The quantitative estimate of drug-likeness (QED) is 0.799. The lowest BCUT2D eigenvalue weighted by atomic mass is 9.82. The molecule has 0 heterocycles. The molecule has 102 valence electrons. The zero-order valence-corrected chi connectivity index (χ0v) is 11.3. The average Bonchev–Trinajstić information content (AvgIpc) is 2.36. The Hall–Kier alpha value is -1.34. The van der Waals surface area contributed by atoms with Crippen molar-refractivity contribution in [2.75, 3.05) is 20.2 Å². The Labute approximate surface area is 114 Å². The Morgan fingerprint density at radius 2 is 2.05 bits per heavy atom. The van der Waals surface area contributed by atoms with E-state index in [0.717, 1.165) is 31.5 Å². The van der Waals surface area contributed by atoms with Gasteiger partial charge in [0.2, 0.25) is 0 Å². The first-order chi connectivity index (χ1) is 9.19. The minimum atomic E-state index is -0.107. The van der Waals surface area contributed by atoms with E-state index in [-0.39, 0.29) is 12.7 Å². The van der Waals surface area contributed by atoms with E-state index in [2.05, 4.69) is 29.9 Å². The summed E-state index contributed by atoms with van der Waals surface area (Å²) in [6.45, 7) is 1.76. The molecule has 1 aliphatic rings. The second-order valence-electron chi connectivity index (χ2n) is 5.31. The van der Waals surface area contributed by atoms with E-state index in [0.29, 0.717) is 5.92 Å². The van der Waals surface area contributed by atoms with E-state index < -0.39 is 0 Å². The topological polar surface area (TPSA) is 43.7 Å². The van der Waals surface area contributed by atoms with Crippen LogP contribution in [0, 0.1) is 17.8 Å². The zero-order valence-electron chi connectivity index (χ0n) is 11.3. The molecule has 0 atom stereocenters. The number of rotatable bonds is 4. The maximum absolute atomic E-state index is 9.30. The number of hydrogen-bond donors (Lipinski definition) is 2. The maximum Gasteiger partial charge on any atom is 0.104 e. The molecule has 1 saturated carbocycles. The molecule has 0 aromatic heterocycles. The first-order valence-electron chi connectivity index (χ1n) is 6.73. The van der Waals surface area contributed by atoms with Gasteiger partial charge in [0.05, 0.1) is 6.10 Å². The third kappa shape index (κ3) is 4.07. The molecule has 3 heteroatoms. The van der Waals surface area contributed by atoms with Crippen molar-refractivity contribution in [1.82, 2.24) is 4.90 Å². The van der Waals surface area contributed by atoms with Crippen LogP contribution >= 0.6 is 0 Å². The number of hydrogen-bond acceptors (Lipinski definition) is 3. The SMILES string of the molecule is CN(Cc1ccccc1C#CCO)CC1CC(O)C1. The molecule has 1 aliphatic carbocycles. The summed E-state index contributed by atoms with van der Waals surface area (Å²) >= 11 is 0. The zero-order chi connectivity index (χ0) is 13.7. The molecule has 0 aliphatic heterocycles. The van der Waals surface area contributed by atoms with Crippen LogP contribution in [0.15, 0.2) is 24.3 Å². The van der Waals surface area contributed by atoms with Crippen LogP contribution in [-0.2, 0) is 6.54 Å². The highest BCUT2D eigenvalue weighted by molar-refractivity contribution is 5.41. The minimum Gasteiger partial charge on any atom is -0.393 e. The van der Waals surface area contributed by atoms with E-state index in [9.17, 15) is 5.11 Å². The third-order valence-corrected chi connectivity index (χ3v) is 3.54. The Kier molecular flexibility index (Phi) is 4.98. The van der Waals surface area contributed by atoms with Crippen LogP contribution in [0.25, 0.3) is 0 Å². The van der Waals surface area contributed by atoms with Gasteiger partial charge in [0, 0.05) is 18.7 Å². The van der Waals surface area contributed by atoms with Gasteiger partial charge in [-0.1, -0.05) is 30.0 Å². The molecule has 1 aromatic rings. The van der Waals surface area contributed by atoms with Crippen molar-refractivity contribution in [3.63, 3.8) is 0 Å². The molecule has 0 unspecified atom stereocenters. The summed E-state index contributed by atoms with van der Waals surface area (Å²) in [5.74, 6) is 6.31. The van der Waals surface area contributed by atoms with Crippen LogP contribution in [0.5, 0.6) is 0 Å². The monoisotopic (exact) mass is 259 g/mol. The van der Waals surface area contributed by atoms with Crippen molar-refractivity contribution in [3.05, 3.63) is 35.4 Å². The summed E-state index contributed by atoms with van der Waals surface area (Å²) in [4.78, 5) is 2.27. The molecule has 1 fully saturated rings. The summed E-state index contributed by atoms with van der Waals surface area (Å²) in [6.07, 6.45) is 1.77. The molecule has 19 heavy (non-hydrogen) atoms. The molecule has 0 amide bonds. The molecular formula is C16H21NO2.